The second-order valence-electron chi connectivity index (χ2n) is 4.47. The lowest BCUT2D eigenvalue weighted by Gasteiger charge is -2.34. The zero-order chi connectivity index (χ0) is 14.0. The van der Waals surface area contributed by atoms with E-state index < -0.39 is 16.9 Å². The number of piperidine rings is 1. The lowest BCUT2D eigenvalue weighted by atomic mass is 10.0. The van der Waals surface area contributed by atoms with Crippen LogP contribution in [0.1, 0.15) is 19.3 Å². The summed E-state index contributed by atoms with van der Waals surface area (Å²) in [4.78, 5) is 27.5. The third-order valence-electron chi connectivity index (χ3n) is 3.15. The summed E-state index contributed by atoms with van der Waals surface area (Å²) in [5.41, 5.74) is 10.8. The Labute approximate surface area is 109 Å². The van der Waals surface area contributed by atoms with E-state index in [1.165, 1.54) is 12.1 Å². The van der Waals surface area contributed by atoms with Crippen LogP contribution in [0.3, 0.4) is 0 Å². The van der Waals surface area contributed by atoms with Crippen LogP contribution in [0.5, 0.6) is 0 Å². The largest absolute Gasteiger partial charge is 0.383 e. The van der Waals surface area contributed by atoms with E-state index in [2.05, 4.69) is 4.98 Å². The molecule has 0 bridgehead atoms. The van der Waals surface area contributed by atoms with Crippen molar-refractivity contribution in [3.63, 3.8) is 0 Å². The summed E-state index contributed by atoms with van der Waals surface area (Å²) < 4.78 is 0. The summed E-state index contributed by atoms with van der Waals surface area (Å²) in [6.45, 7) is 0.585. The van der Waals surface area contributed by atoms with Gasteiger partial charge in [-0.15, -0.1) is 0 Å². The van der Waals surface area contributed by atoms with E-state index in [9.17, 15) is 14.9 Å². The Kier molecular flexibility index (Phi) is 3.50. The maximum atomic E-state index is 11.4. The minimum absolute atomic E-state index is 0.0537. The van der Waals surface area contributed by atoms with E-state index >= 15 is 0 Å². The first-order chi connectivity index (χ1) is 8.99. The molecule has 1 fully saturated rings. The van der Waals surface area contributed by atoms with Gasteiger partial charge in [-0.1, -0.05) is 0 Å². The Morgan fingerprint density at radius 2 is 2.21 bits per heavy atom. The number of nitrogen functional groups attached to an aromatic ring is 1. The molecule has 102 valence electrons. The van der Waals surface area contributed by atoms with E-state index in [4.69, 9.17) is 11.5 Å². The number of hydrogen-bond acceptors (Lipinski definition) is 6. The first kappa shape index (κ1) is 13.1. The molecule has 1 saturated heterocycles. The van der Waals surface area contributed by atoms with Gasteiger partial charge in [-0.2, -0.15) is 0 Å². The van der Waals surface area contributed by atoms with Gasteiger partial charge in [-0.25, -0.2) is 4.98 Å². The number of hydrogen-bond donors (Lipinski definition) is 2. The van der Waals surface area contributed by atoms with Crippen molar-refractivity contribution in [2.45, 2.75) is 25.3 Å². The van der Waals surface area contributed by atoms with Crippen molar-refractivity contribution < 1.29 is 9.72 Å². The van der Waals surface area contributed by atoms with Gasteiger partial charge in [0.15, 0.2) is 0 Å². The molecule has 2 rings (SSSR count). The zero-order valence-corrected chi connectivity index (χ0v) is 10.3. The molecule has 4 N–H and O–H groups in total. The van der Waals surface area contributed by atoms with E-state index in [1.54, 1.807) is 4.90 Å². The van der Waals surface area contributed by atoms with Crippen LogP contribution in [-0.2, 0) is 4.79 Å². The second kappa shape index (κ2) is 5.09. The third kappa shape index (κ3) is 2.72. The highest BCUT2D eigenvalue weighted by molar-refractivity contribution is 5.83. The molecule has 1 aliphatic heterocycles. The predicted molar refractivity (Wildman–Crippen MR) is 69.5 cm³/mol. The molecule has 1 amide bonds. The molecule has 19 heavy (non-hydrogen) atoms. The Morgan fingerprint density at radius 1 is 1.47 bits per heavy atom. The summed E-state index contributed by atoms with van der Waals surface area (Å²) in [5, 5.41) is 10.8. The average Bonchev–Trinajstić information content (AvgIpc) is 2.37. The van der Waals surface area contributed by atoms with Gasteiger partial charge in [0, 0.05) is 6.54 Å². The van der Waals surface area contributed by atoms with Crippen molar-refractivity contribution in [1.82, 2.24) is 4.98 Å². The molecule has 0 saturated carbocycles. The second-order valence-corrected chi connectivity index (χ2v) is 4.47. The Bertz CT molecular complexity index is 519. The molecule has 2 heterocycles. The first-order valence-electron chi connectivity index (χ1n) is 5.97. The number of pyridine rings is 1. The summed E-state index contributed by atoms with van der Waals surface area (Å²) in [6.07, 6.45) is 2.40. The summed E-state index contributed by atoms with van der Waals surface area (Å²) in [7, 11) is 0. The maximum absolute atomic E-state index is 11.4. The van der Waals surface area contributed by atoms with Crippen LogP contribution in [0, 0.1) is 10.1 Å². The highest BCUT2D eigenvalue weighted by Crippen LogP contribution is 2.27. The standard InChI is InChI=1S/C11H15N5O3/c12-9-5-7(16(18)19)6-10(14-9)15-4-2-1-3-8(15)11(13)17/h5-6,8H,1-4H2,(H2,12,14)(H2,13,17). The molecular weight excluding hydrogens is 250 g/mol. The minimum atomic E-state index is -0.537. The Hall–Kier alpha value is -2.38. The molecule has 0 radical (unpaired) electrons. The van der Waals surface area contributed by atoms with Crippen molar-refractivity contribution in [3.8, 4) is 0 Å². The average molecular weight is 265 g/mol. The topological polar surface area (TPSA) is 128 Å². The highest BCUT2D eigenvalue weighted by Gasteiger charge is 2.29. The van der Waals surface area contributed by atoms with Crippen molar-refractivity contribution in [2.75, 3.05) is 17.2 Å². The summed E-state index contributed by atoms with van der Waals surface area (Å²) >= 11 is 0. The quantitative estimate of drug-likeness (QED) is 0.601. The summed E-state index contributed by atoms with van der Waals surface area (Å²) in [5.74, 6) is -0.0697. The van der Waals surface area contributed by atoms with Gasteiger partial charge in [0.1, 0.15) is 17.7 Å². The molecule has 1 unspecified atom stereocenters. The Balaban J connectivity index is 2.38. The van der Waals surface area contributed by atoms with Crippen LogP contribution >= 0.6 is 0 Å². The fourth-order valence-electron chi connectivity index (χ4n) is 2.28. The number of aromatic nitrogens is 1. The number of nitrogens with two attached hydrogens (primary N) is 2. The van der Waals surface area contributed by atoms with Crippen molar-refractivity contribution >= 4 is 23.2 Å². The van der Waals surface area contributed by atoms with E-state index in [1.807, 2.05) is 0 Å². The molecule has 1 aromatic heterocycles. The van der Waals surface area contributed by atoms with Gasteiger partial charge in [-0.3, -0.25) is 14.9 Å². The van der Waals surface area contributed by atoms with Gasteiger partial charge in [0.2, 0.25) is 5.91 Å². The lowest BCUT2D eigenvalue weighted by molar-refractivity contribution is -0.384. The summed E-state index contributed by atoms with van der Waals surface area (Å²) in [6, 6.07) is 2.02. The number of primary amides is 1. The Morgan fingerprint density at radius 3 is 2.84 bits per heavy atom. The highest BCUT2D eigenvalue weighted by atomic mass is 16.6. The lowest BCUT2D eigenvalue weighted by Crippen LogP contribution is -2.48. The number of anilines is 2. The SMILES string of the molecule is NC(=O)C1CCCCN1c1cc([N+](=O)[O-])cc(N)n1. The van der Waals surface area contributed by atoms with Gasteiger partial charge in [-0.05, 0) is 19.3 Å². The third-order valence-corrected chi connectivity index (χ3v) is 3.15. The van der Waals surface area contributed by atoms with Gasteiger partial charge in [0.25, 0.3) is 5.69 Å². The number of carbonyl (C=O) groups excluding carboxylic acids is 1. The molecule has 0 aliphatic carbocycles. The normalized spacial score (nSPS) is 19.2. The zero-order valence-electron chi connectivity index (χ0n) is 10.3. The van der Waals surface area contributed by atoms with Crippen LogP contribution in [0.15, 0.2) is 12.1 Å². The fraction of sp³-hybridized carbons (Fsp3) is 0.455. The van der Waals surface area contributed by atoms with Crippen LogP contribution in [-0.4, -0.2) is 28.4 Å². The van der Waals surface area contributed by atoms with Gasteiger partial charge >= 0.3 is 0 Å². The number of carbonyl (C=O) groups is 1. The smallest absolute Gasteiger partial charge is 0.276 e. The van der Waals surface area contributed by atoms with Crippen molar-refractivity contribution in [1.29, 1.82) is 0 Å². The number of rotatable bonds is 3. The fourth-order valence-corrected chi connectivity index (χ4v) is 2.28. The molecule has 0 spiro atoms. The van der Waals surface area contributed by atoms with Crippen LogP contribution in [0.25, 0.3) is 0 Å². The predicted octanol–water partition coefficient (Wildman–Crippen LogP) is 0.416. The van der Waals surface area contributed by atoms with Crippen molar-refractivity contribution in [2.24, 2.45) is 5.73 Å². The van der Waals surface area contributed by atoms with Crippen LogP contribution in [0.2, 0.25) is 0 Å². The molecular formula is C11H15N5O3. The van der Waals surface area contributed by atoms with Crippen molar-refractivity contribution in [3.05, 3.63) is 22.2 Å². The van der Waals surface area contributed by atoms with Crippen LogP contribution < -0.4 is 16.4 Å². The van der Waals surface area contributed by atoms with Gasteiger partial charge < -0.3 is 16.4 Å². The molecule has 1 aromatic rings. The maximum Gasteiger partial charge on any atom is 0.276 e. The number of nitrogens with zero attached hydrogens (tertiary/aromatic N) is 3. The number of nitro groups is 1. The molecule has 0 aromatic carbocycles. The van der Waals surface area contributed by atoms with Gasteiger partial charge in [0.05, 0.1) is 17.1 Å². The monoisotopic (exact) mass is 265 g/mol. The van der Waals surface area contributed by atoms with E-state index in [0.717, 1.165) is 12.8 Å². The minimum Gasteiger partial charge on any atom is -0.383 e. The molecule has 1 aliphatic rings. The van der Waals surface area contributed by atoms with E-state index in [-0.39, 0.29) is 11.5 Å². The molecule has 8 heteroatoms. The van der Waals surface area contributed by atoms with E-state index in [0.29, 0.717) is 18.8 Å². The molecule has 8 nitrogen and oxygen atoms in total. The van der Waals surface area contributed by atoms with Crippen LogP contribution in [0.4, 0.5) is 17.3 Å². The number of amides is 1. The molecule has 1 atom stereocenters. The first-order valence-corrected chi connectivity index (χ1v) is 5.97.